The van der Waals surface area contributed by atoms with Crippen molar-refractivity contribution in [3.8, 4) is 0 Å². The predicted molar refractivity (Wildman–Crippen MR) is 104 cm³/mol. The second-order valence-corrected chi connectivity index (χ2v) is 6.80. The van der Waals surface area contributed by atoms with Crippen LogP contribution in [0.1, 0.15) is 30.9 Å². The molecule has 29 heavy (non-hydrogen) atoms. The molecule has 1 N–H and O–H groups in total. The SMILES string of the molecule is CCCn1c(=O)n(CCC(=O)NCc2cccc(C(F)(F)F)c2)c2ccccc21. The summed E-state index contributed by atoms with van der Waals surface area (Å²) in [6.07, 6.45) is -3.56. The van der Waals surface area contributed by atoms with E-state index in [1.165, 1.54) is 12.1 Å². The first-order chi connectivity index (χ1) is 13.8. The molecule has 2 aromatic carbocycles. The summed E-state index contributed by atoms with van der Waals surface area (Å²) in [6.45, 7) is 2.77. The molecule has 0 bridgehead atoms. The number of aryl methyl sites for hydroxylation is 2. The van der Waals surface area contributed by atoms with Gasteiger partial charge in [0.1, 0.15) is 0 Å². The van der Waals surface area contributed by atoms with Crippen LogP contribution < -0.4 is 11.0 Å². The van der Waals surface area contributed by atoms with Gasteiger partial charge < -0.3 is 5.32 Å². The largest absolute Gasteiger partial charge is 0.416 e. The van der Waals surface area contributed by atoms with Gasteiger partial charge in [-0.15, -0.1) is 0 Å². The highest BCUT2D eigenvalue weighted by atomic mass is 19.4. The molecular formula is C21H22F3N3O2. The van der Waals surface area contributed by atoms with E-state index in [-0.39, 0.29) is 31.1 Å². The van der Waals surface area contributed by atoms with Crippen molar-refractivity contribution in [2.45, 2.75) is 45.6 Å². The Morgan fingerprint density at radius 1 is 1.00 bits per heavy atom. The molecular weight excluding hydrogens is 383 g/mol. The maximum Gasteiger partial charge on any atom is 0.416 e. The van der Waals surface area contributed by atoms with Gasteiger partial charge in [-0.1, -0.05) is 31.2 Å². The van der Waals surface area contributed by atoms with Crippen LogP contribution in [0.15, 0.2) is 53.3 Å². The molecule has 5 nitrogen and oxygen atoms in total. The van der Waals surface area contributed by atoms with Gasteiger partial charge in [0.2, 0.25) is 5.91 Å². The number of fused-ring (bicyclic) bond motifs is 1. The maximum absolute atomic E-state index is 12.8. The first-order valence-electron chi connectivity index (χ1n) is 9.42. The number of carbonyl (C=O) groups excluding carboxylic acids is 1. The van der Waals surface area contributed by atoms with Crippen molar-refractivity contribution in [2.75, 3.05) is 0 Å². The van der Waals surface area contributed by atoms with E-state index in [1.807, 2.05) is 31.2 Å². The average molecular weight is 405 g/mol. The molecule has 1 amide bonds. The van der Waals surface area contributed by atoms with E-state index in [9.17, 15) is 22.8 Å². The van der Waals surface area contributed by atoms with Crippen molar-refractivity contribution in [1.29, 1.82) is 0 Å². The number of benzene rings is 2. The van der Waals surface area contributed by atoms with Crippen LogP contribution in [0.25, 0.3) is 11.0 Å². The lowest BCUT2D eigenvalue weighted by molar-refractivity contribution is -0.137. The number of rotatable bonds is 7. The van der Waals surface area contributed by atoms with Crippen LogP contribution in [0.4, 0.5) is 13.2 Å². The Bertz CT molecular complexity index is 1070. The van der Waals surface area contributed by atoms with Crippen molar-refractivity contribution in [3.63, 3.8) is 0 Å². The number of amides is 1. The third-order valence-corrected chi connectivity index (χ3v) is 4.68. The summed E-state index contributed by atoms with van der Waals surface area (Å²) in [5.41, 5.74) is 1.03. The summed E-state index contributed by atoms with van der Waals surface area (Å²) in [5.74, 6) is -0.332. The standard InChI is InChI=1S/C21H22F3N3O2/c1-2-11-26-17-8-3-4-9-18(17)27(20(26)29)12-10-19(28)25-14-15-6-5-7-16(13-15)21(22,23)24/h3-9,13H,2,10-12,14H2,1H3,(H,25,28). The molecule has 154 valence electrons. The predicted octanol–water partition coefficient (Wildman–Crippen LogP) is 3.94. The average Bonchev–Trinajstić information content (AvgIpc) is 2.96. The summed E-state index contributed by atoms with van der Waals surface area (Å²) in [7, 11) is 0. The minimum absolute atomic E-state index is 0.00472. The second-order valence-electron chi connectivity index (χ2n) is 6.80. The van der Waals surface area contributed by atoms with E-state index in [0.717, 1.165) is 29.6 Å². The Labute approximate surface area is 165 Å². The molecule has 1 heterocycles. The Morgan fingerprint density at radius 3 is 2.28 bits per heavy atom. The number of carbonyl (C=O) groups is 1. The molecule has 3 rings (SSSR count). The van der Waals surface area contributed by atoms with Crippen LogP contribution in [0, 0.1) is 0 Å². The van der Waals surface area contributed by atoms with E-state index in [4.69, 9.17) is 0 Å². The molecule has 0 radical (unpaired) electrons. The summed E-state index contributed by atoms with van der Waals surface area (Å²) in [6, 6.07) is 12.3. The van der Waals surface area contributed by atoms with E-state index in [0.29, 0.717) is 12.1 Å². The molecule has 0 aliphatic heterocycles. The molecule has 0 atom stereocenters. The fourth-order valence-electron chi connectivity index (χ4n) is 3.29. The van der Waals surface area contributed by atoms with Crippen LogP contribution >= 0.6 is 0 Å². The van der Waals surface area contributed by atoms with Gasteiger partial charge in [-0.25, -0.2) is 4.79 Å². The maximum atomic E-state index is 12.8. The number of hydrogen-bond acceptors (Lipinski definition) is 2. The number of hydrogen-bond donors (Lipinski definition) is 1. The van der Waals surface area contributed by atoms with E-state index >= 15 is 0 Å². The minimum Gasteiger partial charge on any atom is -0.352 e. The van der Waals surface area contributed by atoms with Crippen LogP contribution in [0.5, 0.6) is 0 Å². The zero-order valence-corrected chi connectivity index (χ0v) is 16.0. The van der Waals surface area contributed by atoms with Gasteiger partial charge in [-0.3, -0.25) is 13.9 Å². The van der Waals surface area contributed by atoms with Crippen LogP contribution in [-0.2, 0) is 30.6 Å². The normalized spacial score (nSPS) is 11.7. The molecule has 0 aliphatic carbocycles. The van der Waals surface area contributed by atoms with Crippen molar-refractivity contribution in [2.24, 2.45) is 0 Å². The lowest BCUT2D eigenvalue weighted by Gasteiger charge is -2.10. The number of nitrogens with one attached hydrogen (secondary N) is 1. The summed E-state index contributed by atoms with van der Waals surface area (Å²) in [4.78, 5) is 24.9. The minimum atomic E-state index is -4.42. The molecule has 8 heteroatoms. The lowest BCUT2D eigenvalue weighted by atomic mass is 10.1. The molecule has 0 fully saturated rings. The number of halogens is 3. The van der Waals surface area contributed by atoms with Crippen LogP contribution in [0.3, 0.4) is 0 Å². The van der Waals surface area contributed by atoms with Gasteiger partial charge in [0.25, 0.3) is 0 Å². The Balaban J connectivity index is 1.66. The zero-order chi connectivity index (χ0) is 21.0. The number of imidazole rings is 1. The highest BCUT2D eigenvalue weighted by Gasteiger charge is 2.30. The van der Waals surface area contributed by atoms with Gasteiger partial charge in [-0.2, -0.15) is 13.2 Å². The Morgan fingerprint density at radius 2 is 1.66 bits per heavy atom. The topological polar surface area (TPSA) is 56.0 Å². The molecule has 0 unspecified atom stereocenters. The number of nitrogens with zero attached hydrogens (tertiary/aromatic N) is 2. The second kappa shape index (κ2) is 8.55. The molecule has 0 spiro atoms. The van der Waals surface area contributed by atoms with Gasteiger partial charge in [0.15, 0.2) is 0 Å². The van der Waals surface area contributed by atoms with Crippen molar-refractivity contribution < 1.29 is 18.0 Å². The number of para-hydroxylation sites is 2. The summed E-state index contributed by atoms with van der Waals surface area (Å²) >= 11 is 0. The smallest absolute Gasteiger partial charge is 0.352 e. The lowest BCUT2D eigenvalue weighted by Crippen LogP contribution is -2.28. The highest BCUT2D eigenvalue weighted by Crippen LogP contribution is 2.29. The van der Waals surface area contributed by atoms with Crippen molar-refractivity contribution in [1.82, 2.24) is 14.5 Å². The first kappa shape index (κ1) is 20.7. The number of alkyl halides is 3. The molecule has 0 saturated heterocycles. The molecule has 0 aliphatic rings. The molecule has 3 aromatic rings. The quantitative estimate of drug-likeness (QED) is 0.647. The summed E-state index contributed by atoms with van der Waals surface area (Å²) in [5, 5.41) is 2.62. The number of aromatic nitrogens is 2. The molecule has 1 aromatic heterocycles. The highest BCUT2D eigenvalue weighted by molar-refractivity contribution is 5.78. The third-order valence-electron chi connectivity index (χ3n) is 4.68. The van der Waals surface area contributed by atoms with Gasteiger partial charge in [-0.05, 0) is 36.2 Å². The van der Waals surface area contributed by atoms with Crippen molar-refractivity contribution in [3.05, 3.63) is 70.1 Å². The summed E-state index contributed by atoms with van der Waals surface area (Å²) < 4.78 is 41.6. The van der Waals surface area contributed by atoms with E-state index < -0.39 is 11.7 Å². The monoisotopic (exact) mass is 405 g/mol. The Kier molecular flexibility index (Phi) is 6.10. The van der Waals surface area contributed by atoms with Gasteiger partial charge >= 0.3 is 11.9 Å². The first-order valence-corrected chi connectivity index (χ1v) is 9.42. The third kappa shape index (κ3) is 4.70. The van der Waals surface area contributed by atoms with E-state index in [2.05, 4.69) is 5.32 Å². The van der Waals surface area contributed by atoms with Gasteiger partial charge in [0.05, 0.1) is 16.6 Å². The fourth-order valence-corrected chi connectivity index (χ4v) is 3.29. The van der Waals surface area contributed by atoms with Gasteiger partial charge in [0, 0.05) is 26.1 Å². The van der Waals surface area contributed by atoms with E-state index in [1.54, 1.807) is 9.13 Å². The fraction of sp³-hybridized carbons (Fsp3) is 0.333. The van der Waals surface area contributed by atoms with Crippen LogP contribution in [0.2, 0.25) is 0 Å². The van der Waals surface area contributed by atoms with Crippen LogP contribution in [-0.4, -0.2) is 15.0 Å². The Hall–Kier alpha value is -3.03. The molecule has 0 saturated carbocycles. The zero-order valence-electron chi connectivity index (χ0n) is 16.0. The van der Waals surface area contributed by atoms with Crippen molar-refractivity contribution >= 4 is 16.9 Å².